The topological polar surface area (TPSA) is 95.9 Å². The van der Waals surface area contributed by atoms with Gasteiger partial charge in [-0.3, -0.25) is 10.0 Å². The maximum atomic E-state index is 11.5. The number of amides is 1. The lowest BCUT2D eigenvalue weighted by Gasteiger charge is -2.22. The molecular formula is C33H38BrNO8S. The minimum Gasteiger partial charge on any atom is -0.493 e. The fourth-order valence-electron chi connectivity index (χ4n) is 5.00. The summed E-state index contributed by atoms with van der Waals surface area (Å²) in [4.78, 5) is 12.6. The molecule has 0 bridgehead atoms. The van der Waals surface area contributed by atoms with Crippen molar-refractivity contribution in [2.75, 3.05) is 28.4 Å². The summed E-state index contributed by atoms with van der Waals surface area (Å²) >= 11 is 5.05. The molecule has 9 nitrogen and oxygen atoms in total. The summed E-state index contributed by atoms with van der Waals surface area (Å²) in [5, 5.41) is 10.4. The fraction of sp³-hybridized carbons (Fsp3) is 0.364. The highest BCUT2D eigenvalue weighted by Gasteiger charge is 2.31. The summed E-state index contributed by atoms with van der Waals surface area (Å²) in [7, 11) is 6.37. The van der Waals surface area contributed by atoms with Crippen molar-refractivity contribution >= 4 is 33.6 Å². The van der Waals surface area contributed by atoms with Gasteiger partial charge in [-0.25, -0.2) is 0 Å². The molecule has 0 saturated carbocycles. The van der Waals surface area contributed by atoms with Gasteiger partial charge in [0.2, 0.25) is 11.7 Å². The van der Waals surface area contributed by atoms with Gasteiger partial charge in [-0.05, 0) is 85.8 Å². The van der Waals surface area contributed by atoms with E-state index >= 15 is 0 Å². The Balaban J connectivity index is 1.62. The lowest BCUT2D eigenvalue weighted by molar-refractivity contribution is -0.151. The van der Waals surface area contributed by atoms with Gasteiger partial charge in [0.05, 0.1) is 40.6 Å². The molecule has 3 unspecified atom stereocenters. The number of methoxy groups -OCH3 is 4. The molecule has 4 rings (SSSR count). The average molecular weight is 689 g/mol. The van der Waals surface area contributed by atoms with Gasteiger partial charge in [-0.1, -0.05) is 33.8 Å². The lowest BCUT2D eigenvalue weighted by atomic mass is 9.99. The zero-order valence-corrected chi connectivity index (χ0v) is 28.1. The minimum absolute atomic E-state index is 0.181. The van der Waals surface area contributed by atoms with E-state index in [-0.39, 0.29) is 17.6 Å². The number of benzene rings is 3. The van der Waals surface area contributed by atoms with E-state index in [1.54, 1.807) is 46.3 Å². The fourth-order valence-corrected chi connectivity index (χ4v) is 6.09. The number of nitrogens with zero attached hydrogens (tertiary/aromatic N) is 1. The molecule has 0 aromatic heterocycles. The second-order valence-corrected chi connectivity index (χ2v) is 12.4. The highest BCUT2D eigenvalue weighted by molar-refractivity contribution is 9.10. The van der Waals surface area contributed by atoms with Gasteiger partial charge in [0.15, 0.2) is 23.0 Å². The number of rotatable bonds is 13. The summed E-state index contributed by atoms with van der Waals surface area (Å²) in [6.45, 7) is 3.26. The number of hydrogen-bond donors (Lipinski definition) is 1. The maximum Gasteiger partial charge on any atom is 0.246 e. The van der Waals surface area contributed by atoms with Crippen LogP contribution in [0.25, 0.3) is 0 Å². The summed E-state index contributed by atoms with van der Waals surface area (Å²) < 4.78 is 36.5. The van der Waals surface area contributed by atoms with Crippen LogP contribution in [-0.4, -0.2) is 50.1 Å². The van der Waals surface area contributed by atoms with Gasteiger partial charge < -0.3 is 28.4 Å². The van der Waals surface area contributed by atoms with Gasteiger partial charge in [0.1, 0.15) is 5.44 Å². The summed E-state index contributed by atoms with van der Waals surface area (Å²) in [6.07, 6.45) is 4.60. The highest BCUT2D eigenvalue weighted by atomic mass is 79.9. The number of ether oxygens (including phenoxy) is 6. The second kappa shape index (κ2) is 15.6. The van der Waals surface area contributed by atoms with E-state index in [4.69, 9.17) is 28.4 Å². The first-order valence-corrected chi connectivity index (χ1v) is 15.7. The normalized spacial score (nSPS) is 16.9. The molecule has 1 saturated heterocycles. The molecule has 44 heavy (non-hydrogen) atoms. The van der Waals surface area contributed by atoms with E-state index < -0.39 is 5.91 Å². The largest absolute Gasteiger partial charge is 0.493 e. The third-order valence-corrected chi connectivity index (χ3v) is 8.63. The number of allylic oxidation sites excluding steroid dienone is 1. The van der Waals surface area contributed by atoms with Gasteiger partial charge in [0, 0.05) is 28.1 Å². The summed E-state index contributed by atoms with van der Waals surface area (Å²) in [5.74, 6) is 2.35. The van der Waals surface area contributed by atoms with Crippen LogP contribution < -0.4 is 23.7 Å². The van der Waals surface area contributed by atoms with E-state index in [0.29, 0.717) is 40.2 Å². The molecule has 1 aliphatic rings. The maximum absolute atomic E-state index is 11.5. The van der Waals surface area contributed by atoms with Crippen LogP contribution in [0, 0.1) is 0 Å². The van der Waals surface area contributed by atoms with E-state index in [1.165, 1.54) is 13.1 Å². The highest BCUT2D eigenvalue weighted by Crippen LogP contribution is 2.47. The molecule has 11 heteroatoms. The number of carbonyl (C=O) groups excluding carboxylic acids is 1. The lowest BCUT2D eigenvalue weighted by Crippen LogP contribution is -2.17. The van der Waals surface area contributed by atoms with Gasteiger partial charge in [-0.15, -0.1) is 0 Å². The van der Waals surface area contributed by atoms with Crippen LogP contribution in [0.5, 0.6) is 28.7 Å². The molecule has 236 valence electrons. The van der Waals surface area contributed by atoms with E-state index in [2.05, 4.69) is 15.9 Å². The van der Waals surface area contributed by atoms with Crippen molar-refractivity contribution in [2.24, 2.45) is 0 Å². The van der Waals surface area contributed by atoms with E-state index in [0.717, 1.165) is 38.9 Å². The average Bonchev–Trinajstić information content (AvgIpc) is 3.52. The molecule has 1 amide bonds. The molecule has 3 atom stereocenters. The SMILES string of the molecule is COc1cc(C2CCC(c3cc(OC)c(OC)c(OC)c3)O2)cc(C/C=C/N(O)C(C)=O)c1OC(C)Sc1ccc(Br)cc1. The molecule has 0 radical (unpaired) electrons. The van der Waals surface area contributed by atoms with Crippen molar-refractivity contribution in [1.82, 2.24) is 5.06 Å². The quantitative estimate of drug-likeness (QED) is 0.0833. The van der Waals surface area contributed by atoms with Gasteiger partial charge in [-0.2, -0.15) is 5.06 Å². The Morgan fingerprint density at radius 2 is 1.50 bits per heavy atom. The molecule has 3 aromatic carbocycles. The van der Waals surface area contributed by atoms with Gasteiger partial charge in [0.25, 0.3) is 0 Å². The van der Waals surface area contributed by atoms with E-state index in [1.807, 2.05) is 55.5 Å². The summed E-state index contributed by atoms with van der Waals surface area (Å²) in [6, 6.07) is 15.9. The molecule has 0 aliphatic carbocycles. The smallest absolute Gasteiger partial charge is 0.246 e. The molecule has 1 N–H and O–H groups in total. The van der Waals surface area contributed by atoms with Crippen LogP contribution in [-0.2, 0) is 16.0 Å². The van der Waals surface area contributed by atoms with Crippen molar-refractivity contribution in [2.45, 2.75) is 55.6 Å². The first-order chi connectivity index (χ1) is 21.2. The Bertz CT molecular complexity index is 1440. The number of halogens is 1. The predicted molar refractivity (Wildman–Crippen MR) is 172 cm³/mol. The number of thioether (sulfide) groups is 1. The molecule has 1 fully saturated rings. The molecule has 0 spiro atoms. The third-order valence-electron chi connectivity index (χ3n) is 7.13. The van der Waals surface area contributed by atoms with Crippen molar-refractivity contribution in [3.8, 4) is 28.7 Å². The standard InChI is InChI=1S/C33H38BrNO8S/c1-20(36)35(37)15-7-8-22-16-23(17-29(38-3)32(22)42-21(2)44-26-11-9-25(34)10-12-26)27-13-14-28(43-27)24-18-30(39-4)33(41-6)31(19-24)40-5/h7,9-12,15-19,21,27-28,37H,8,13-14H2,1-6H3/b15-7+. The van der Waals surface area contributed by atoms with Crippen molar-refractivity contribution in [3.05, 3.63) is 82.0 Å². The minimum atomic E-state index is -0.485. The zero-order chi connectivity index (χ0) is 31.8. The molecular weight excluding hydrogens is 650 g/mol. The second-order valence-electron chi connectivity index (χ2n) is 10.1. The monoisotopic (exact) mass is 687 g/mol. The van der Waals surface area contributed by atoms with Crippen LogP contribution in [0.3, 0.4) is 0 Å². The van der Waals surface area contributed by atoms with Crippen molar-refractivity contribution in [3.63, 3.8) is 0 Å². The zero-order valence-electron chi connectivity index (χ0n) is 25.7. The number of carbonyl (C=O) groups is 1. The Labute approximate surface area is 271 Å². The Hall–Kier alpha value is -3.38. The van der Waals surface area contributed by atoms with Gasteiger partial charge >= 0.3 is 0 Å². The molecule has 3 aromatic rings. The Morgan fingerprint density at radius 3 is 2.02 bits per heavy atom. The summed E-state index contributed by atoms with van der Waals surface area (Å²) in [5.41, 5.74) is 2.46. The first-order valence-electron chi connectivity index (χ1n) is 14.1. The van der Waals surface area contributed by atoms with Crippen molar-refractivity contribution < 1.29 is 38.4 Å². The molecule has 1 aliphatic heterocycles. The van der Waals surface area contributed by atoms with Crippen LogP contribution in [0.2, 0.25) is 0 Å². The Morgan fingerprint density at radius 1 is 0.955 bits per heavy atom. The first kappa shape index (κ1) is 33.5. The van der Waals surface area contributed by atoms with Crippen LogP contribution >= 0.6 is 27.7 Å². The number of hydroxylamine groups is 2. The van der Waals surface area contributed by atoms with Crippen LogP contribution in [0.15, 0.2) is 70.2 Å². The van der Waals surface area contributed by atoms with Crippen LogP contribution in [0.4, 0.5) is 0 Å². The Kier molecular flexibility index (Phi) is 11.9. The van der Waals surface area contributed by atoms with E-state index in [9.17, 15) is 10.0 Å². The predicted octanol–water partition coefficient (Wildman–Crippen LogP) is 7.89. The molecule has 1 heterocycles. The van der Waals surface area contributed by atoms with Crippen molar-refractivity contribution in [1.29, 1.82) is 0 Å². The third kappa shape index (κ3) is 8.20. The van der Waals surface area contributed by atoms with Crippen LogP contribution in [0.1, 0.15) is 55.6 Å². The number of hydrogen-bond acceptors (Lipinski definition) is 9.